The highest BCUT2D eigenvalue weighted by Crippen LogP contribution is 2.27. The average Bonchev–Trinajstić information content (AvgIpc) is 2.94. The lowest BCUT2D eigenvalue weighted by Gasteiger charge is -2.09. The maximum Gasteiger partial charge on any atom is 0.339 e. The third kappa shape index (κ3) is 3.93. The van der Waals surface area contributed by atoms with Crippen LogP contribution in [0.25, 0.3) is 0 Å². The summed E-state index contributed by atoms with van der Waals surface area (Å²) in [4.78, 5) is 26.6. The van der Waals surface area contributed by atoms with Crippen LogP contribution in [0.1, 0.15) is 15.4 Å². The topological polar surface area (TPSA) is 112 Å². The minimum atomic E-state index is -1.26. The molecule has 2 rings (SSSR count). The van der Waals surface area contributed by atoms with Gasteiger partial charge in [-0.1, -0.05) is 6.07 Å². The molecule has 4 N–H and O–H groups in total. The highest BCUT2D eigenvalue weighted by Gasteiger charge is 2.14. The van der Waals surface area contributed by atoms with Crippen LogP contribution in [0.4, 0.5) is 10.5 Å². The molecule has 0 aliphatic rings. The van der Waals surface area contributed by atoms with Gasteiger partial charge in [-0.05, 0) is 12.1 Å². The zero-order valence-corrected chi connectivity index (χ0v) is 11.7. The van der Waals surface area contributed by atoms with E-state index >= 15 is 0 Å². The number of aromatic nitrogens is 1. The number of nitrogens with zero attached hydrogens (tertiary/aromatic N) is 1. The van der Waals surface area contributed by atoms with E-state index in [9.17, 15) is 14.7 Å². The van der Waals surface area contributed by atoms with Crippen LogP contribution in [0.5, 0.6) is 5.75 Å². The number of anilines is 1. The molecule has 8 heteroatoms. The van der Waals surface area contributed by atoms with Crippen LogP contribution in [0.3, 0.4) is 0 Å². The number of hydrogen-bond acceptors (Lipinski definition) is 5. The maximum absolute atomic E-state index is 11.7. The van der Waals surface area contributed by atoms with Crippen LogP contribution >= 0.6 is 11.3 Å². The van der Waals surface area contributed by atoms with E-state index in [2.05, 4.69) is 15.6 Å². The number of hydrogen-bond donors (Lipinski definition) is 4. The highest BCUT2D eigenvalue weighted by atomic mass is 32.1. The van der Waals surface area contributed by atoms with Gasteiger partial charge < -0.3 is 20.8 Å². The summed E-state index contributed by atoms with van der Waals surface area (Å²) in [6, 6.07) is 3.59. The zero-order chi connectivity index (χ0) is 15.2. The Kier molecular flexibility index (Phi) is 4.72. The molecule has 2 aromatic rings. The van der Waals surface area contributed by atoms with Crippen molar-refractivity contribution in [3.63, 3.8) is 0 Å². The van der Waals surface area contributed by atoms with Gasteiger partial charge in [-0.15, -0.1) is 11.3 Å². The van der Waals surface area contributed by atoms with Gasteiger partial charge in [0.05, 0.1) is 10.7 Å². The summed E-state index contributed by atoms with van der Waals surface area (Å²) in [5.74, 6) is -1.74. The fourth-order valence-corrected chi connectivity index (χ4v) is 2.26. The first-order chi connectivity index (χ1) is 10.1. The third-order valence-corrected chi connectivity index (χ3v) is 3.46. The van der Waals surface area contributed by atoms with Crippen molar-refractivity contribution in [3.8, 4) is 5.75 Å². The smallest absolute Gasteiger partial charge is 0.339 e. The molecule has 0 saturated heterocycles. The van der Waals surface area contributed by atoms with Crippen molar-refractivity contribution in [2.45, 2.75) is 6.42 Å². The summed E-state index contributed by atoms with van der Waals surface area (Å²) < 4.78 is 0. The number of nitrogens with one attached hydrogen (secondary N) is 2. The number of carboxylic acid groups (broad SMARTS) is 1. The molecule has 0 aliphatic heterocycles. The first kappa shape index (κ1) is 14.8. The normalized spacial score (nSPS) is 10.1. The standard InChI is InChI=1S/C13H13N3O4S/c17-11-8(12(18)19)2-1-3-9(11)16-13(20)15-5-4-10-14-6-7-21-10/h1-3,6-7,17H,4-5H2,(H,18,19)(H2,15,16,20). The SMILES string of the molecule is O=C(NCCc1nccs1)Nc1cccc(C(=O)O)c1O. The Morgan fingerprint density at radius 2 is 2.14 bits per heavy atom. The number of carbonyl (C=O) groups excluding carboxylic acids is 1. The number of para-hydroxylation sites is 1. The Hall–Kier alpha value is -2.61. The molecule has 2 amide bonds. The van der Waals surface area contributed by atoms with E-state index in [4.69, 9.17) is 5.11 Å². The Labute approximate surface area is 124 Å². The fraction of sp³-hybridized carbons (Fsp3) is 0.154. The number of thiazole rings is 1. The number of rotatable bonds is 5. The van der Waals surface area contributed by atoms with Crippen molar-refractivity contribution in [2.75, 3.05) is 11.9 Å². The highest BCUT2D eigenvalue weighted by molar-refractivity contribution is 7.09. The van der Waals surface area contributed by atoms with Gasteiger partial charge in [0.15, 0.2) is 5.75 Å². The van der Waals surface area contributed by atoms with Crippen LogP contribution < -0.4 is 10.6 Å². The Morgan fingerprint density at radius 3 is 2.81 bits per heavy atom. The number of benzene rings is 1. The molecule has 0 radical (unpaired) electrons. The van der Waals surface area contributed by atoms with Gasteiger partial charge in [0.1, 0.15) is 5.56 Å². The van der Waals surface area contributed by atoms with Gasteiger partial charge >= 0.3 is 12.0 Å². The van der Waals surface area contributed by atoms with Crippen LogP contribution in [0, 0.1) is 0 Å². The number of carboxylic acids is 1. The summed E-state index contributed by atoms with van der Waals surface area (Å²) in [7, 11) is 0. The molecule has 1 aromatic carbocycles. The number of urea groups is 1. The summed E-state index contributed by atoms with van der Waals surface area (Å²) in [6.45, 7) is 0.388. The molecule has 110 valence electrons. The van der Waals surface area contributed by atoms with E-state index in [0.29, 0.717) is 13.0 Å². The van der Waals surface area contributed by atoms with Crippen LogP contribution in [0.15, 0.2) is 29.8 Å². The molecule has 0 fully saturated rings. The fourth-order valence-electron chi connectivity index (χ4n) is 1.64. The van der Waals surface area contributed by atoms with E-state index in [0.717, 1.165) is 5.01 Å². The first-order valence-electron chi connectivity index (χ1n) is 6.06. The maximum atomic E-state index is 11.7. The monoisotopic (exact) mass is 307 g/mol. The van der Waals surface area contributed by atoms with Gasteiger partial charge in [-0.3, -0.25) is 0 Å². The van der Waals surface area contributed by atoms with Crippen molar-refractivity contribution in [1.29, 1.82) is 0 Å². The van der Waals surface area contributed by atoms with Crippen molar-refractivity contribution >= 4 is 29.0 Å². The summed E-state index contributed by atoms with van der Waals surface area (Å²) in [5, 5.41) is 26.4. The lowest BCUT2D eigenvalue weighted by Crippen LogP contribution is -2.30. The molecule has 0 bridgehead atoms. The molecule has 0 unspecified atom stereocenters. The number of amides is 2. The molecule has 0 saturated carbocycles. The van der Waals surface area contributed by atoms with Crippen LogP contribution in [0.2, 0.25) is 0 Å². The van der Waals surface area contributed by atoms with Gasteiger partial charge in [-0.2, -0.15) is 0 Å². The lowest BCUT2D eigenvalue weighted by atomic mass is 10.2. The minimum absolute atomic E-state index is 0.0432. The Balaban J connectivity index is 1.90. The Bertz CT molecular complexity index is 643. The number of phenols is 1. The predicted octanol–water partition coefficient (Wildman–Crippen LogP) is 1.91. The molecule has 0 atom stereocenters. The van der Waals surface area contributed by atoms with Crippen molar-refractivity contribution in [1.82, 2.24) is 10.3 Å². The summed E-state index contributed by atoms with van der Waals surface area (Å²) >= 11 is 1.50. The van der Waals surface area contributed by atoms with Crippen molar-refractivity contribution in [3.05, 3.63) is 40.3 Å². The Morgan fingerprint density at radius 1 is 1.33 bits per heavy atom. The van der Waals surface area contributed by atoms with Crippen LogP contribution in [-0.2, 0) is 6.42 Å². The minimum Gasteiger partial charge on any atom is -0.505 e. The van der Waals surface area contributed by atoms with Gasteiger partial charge in [0.25, 0.3) is 0 Å². The van der Waals surface area contributed by atoms with Crippen LogP contribution in [-0.4, -0.2) is 33.7 Å². The lowest BCUT2D eigenvalue weighted by molar-refractivity contribution is 0.0693. The van der Waals surface area contributed by atoms with E-state index < -0.39 is 17.7 Å². The largest absolute Gasteiger partial charge is 0.505 e. The number of carbonyl (C=O) groups is 2. The average molecular weight is 307 g/mol. The van der Waals surface area contributed by atoms with E-state index in [-0.39, 0.29) is 11.3 Å². The van der Waals surface area contributed by atoms with E-state index in [1.54, 1.807) is 6.20 Å². The van der Waals surface area contributed by atoms with E-state index in [1.807, 2.05) is 5.38 Å². The number of aromatic carboxylic acids is 1. The molecule has 0 aliphatic carbocycles. The van der Waals surface area contributed by atoms with Gasteiger partial charge in [0, 0.05) is 24.5 Å². The van der Waals surface area contributed by atoms with Gasteiger partial charge in [-0.25, -0.2) is 14.6 Å². The van der Waals surface area contributed by atoms with Crippen molar-refractivity contribution < 1.29 is 19.8 Å². The molecule has 7 nitrogen and oxygen atoms in total. The predicted molar refractivity (Wildman–Crippen MR) is 77.9 cm³/mol. The second kappa shape index (κ2) is 6.71. The number of aromatic hydroxyl groups is 1. The zero-order valence-electron chi connectivity index (χ0n) is 10.9. The molecule has 1 aromatic heterocycles. The molecule has 0 spiro atoms. The molecular weight excluding hydrogens is 294 g/mol. The summed E-state index contributed by atoms with van der Waals surface area (Å²) in [6.07, 6.45) is 2.29. The van der Waals surface area contributed by atoms with Crippen molar-refractivity contribution in [2.24, 2.45) is 0 Å². The second-order valence-corrected chi connectivity index (χ2v) is 5.04. The second-order valence-electron chi connectivity index (χ2n) is 4.06. The third-order valence-electron chi connectivity index (χ3n) is 2.62. The quantitative estimate of drug-likeness (QED) is 0.630. The summed E-state index contributed by atoms with van der Waals surface area (Å²) in [5.41, 5.74) is -0.225. The first-order valence-corrected chi connectivity index (χ1v) is 6.94. The molecule has 21 heavy (non-hydrogen) atoms. The van der Waals surface area contributed by atoms with Gasteiger partial charge in [0.2, 0.25) is 0 Å². The molecular formula is C13H13N3O4S. The van der Waals surface area contributed by atoms with E-state index in [1.165, 1.54) is 29.5 Å². The molecule has 1 heterocycles.